The van der Waals surface area contributed by atoms with Gasteiger partial charge in [-0.15, -0.1) is 0 Å². The molecule has 0 aliphatic carbocycles. The molecular formula is C15H30INO3. The van der Waals surface area contributed by atoms with E-state index in [4.69, 9.17) is 9.47 Å². The summed E-state index contributed by atoms with van der Waals surface area (Å²) in [6.07, 6.45) is -0.284. The highest BCUT2D eigenvalue weighted by molar-refractivity contribution is 14.1. The third kappa shape index (κ3) is 8.29. The van der Waals surface area contributed by atoms with Crippen LogP contribution in [0, 0.1) is 0 Å². The molecule has 0 spiro atoms. The Balaban J connectivity index is 4.87. The number of rotatable bonds is 5. The second kappa shape index (κ2) is 7.29. The molecule has 1 amide bonds. The van der Waals surface area contributed by atoms with Crippen LogP contribution in [-0.4, -0.2) is 45.3 Å². The van der Waals surface area contributed by atoms with Gasteiger partial charge in [-0.1, -0.05) is 22.6 Å². The van der Waals surface area contributed by atoms with Crippen LogP contribution >= 0.6 is 22.6 Å². The Morgan fingerprint density at radius 3 is 1.85 bits per heavy atom. The third-order valence-corrected chi connectivity index (χ3v) is 4.01. The van der Waals surface area contributed by atoms with Crippen LogP contribution < -0.4 is 0 Å². The standard InChI is InChI=1S/C15H30INO3/c1-9-17(12(18)19-13(2,3)4)11-15(8,10-16)20-14(5,6)7/h9-11H2,1-8H3. The van der Waals surface area contributed by atoms with E-state index in [1.807, 2.05) is 55.4 Å². The number of carbonyl (C=O) groups excluding carboxylic acids is 1. The molecule has 0 aliphatic rings. The number of halogens is 1. The van der Waals surface area contributed by atoms with E-state index in [9.17, 15) is 4.79 Å². The lowest BCUT2D eigenvalue weighted by molar-refractivity contribution is -0.118. The Morgan fingerprint density at radius 1 is 1.05 bits per heavy atom. The molecule has 0 fully saturated rings. The molecule has 0 radical (unpaired) electrons. The monoisotopic (exact) mass is 399 g/mol. The number of hydrogen-bond donors (Lipinski definition) is 0. The van der Waals surface area contributed by atoms with Gasteiger partial charge in [0.05, 0.1) is 17.7 Å². The summed E-state index contributed by atoms with van der Waals surface area (Å²) >= 11 is 2.30. The fourth-order valence-corrected chi connectivity index (χ4v) is 2.27. The minimum atomic E-state index is -0.476. The molecule has 0 aromatic carbocycles. The largest absolute Gasteiger partial charge is 0.444 e. The molecule has 0 heterocycles. The van der Waals surface area contributed by atoms with Crippen molar-refractivity contribution in [2.45, 2.75) is 72.2 Å². The van der Waals surface area contributed by atoms with Crippen molar-refractivity contribution in [3.63, 3.8) is 0 Å². The Labute approximate surface area is 137 Å². The molecule has 1 unspecified atom stereocenters. The van der Waals surface area contributed by atoms with E-state index in [0.29, 0.717) is 13.1 Å². The Kier molecular flexibility index (Phi) is 7.28. The quantitative estimate of drug-likeness (QED) is 0.513. The van der Waals surface area contributed by atoms with E-state index in [-0.39, 0.29) is 17.3 Å². The van der Waals surface area contributed by atoms with Gasteiger partial charge in [-0.2, -0.15) is 0 Å². The fourth-order valence-electron chi connectivity index (χ4n) is 1.88. The van der Waals surface area contributed by atoms with E-state index in [2.05, 4.69) is 22.6 Å². The van der Waals surface area contributed by atoms with E-state index >= 15 is 0 Å². The summed E-state index contributed by atoms with van der Waals surface area (Å²) in [6, 6.07) is 0. The van der Waals surface area contributed by atoms with Gasteiger partial charge in [0.15, 0.2) is 0 Å². The maximum Gasteiger partial charge on any atom is 0.410 e. The van der Waals surface area contributed by atoms with Crippen LogP contribution in [0.2, 0.25) is 0 Å². The van der Waals surface area contributed by atoms with Crippen LogP contribution in [0.5, 0.6) is 0 Å². The van der Waals surface area contributed by atoms with Crippen LogP contribution in [0.1, 0.15) is 55.4 Å². The van der Waals surface area contributed by atoms with Gasteiger partial charge in [-0.3, -0.25) is 0 Å². The van der Waals surface area contributed by atoms with Crippen molar-refractivity contribution in [3.8, 4) is 0 Å². The Morgan fingerprint density at radius 2 is 1.55 bits per heavy atom. The van der Waals surface area contributed by atoms with Crippen LogP contribution in [0.15, 0.2) is 0 Å². The zero-order valence-corrected chi connectivity index (χ0v) is 16.3. The van der Waals surface area contributed by atoms with E-state index in [0.717, 1.165) is 4.43 Å². The molecule has 20 heavy (non-hydrogen) atoms. The molecule has 0 saturated heterocycles. The third-order valence-electron chi connectivity index (χ3n) is 2.39. The van der Waals surface area contributed by atoms with Gasteiger partial charge in [0.2, 0.25) is 0 Å². The van der Waals surface area contributed by atoms with Crippen LogP contribution in [0.3, 0.4) is 0 Å². The van der Waals surface area contributed by atoms with Gasteiger partial charge in [-0.05, 0) is 55.4 Å². The van der Waals surface area contributed by atoms with Crippen molar-refractivity contribution >= 4 is 28.7 Å². The molecule has 120 valence electrons. The first-order chi connectivity index (χ1) is 8.82. The van der Waals surface area contributed by atoms with Crippen LogP contribution in [0.25, 0.3) is 0 Å². The summed E-state index contributed by atoms with van der Waals surface area (Å²) in [5.41, 5.74) is -1.10. The molecule has 1 atom stereocenters. The summed E-state index contributed by atoms with van der Waals surface area (Å²) < 4.78 is 12.4. The van der Waals surface area contributed by atoms with Gasteiger partial charge in [0, 0.05) is 11.0 Å². The van der Waals surface area contributed by atoms with Gasteiger partial charge in [-0.25, -0.2) is 4.79 Å². The first kappa shape index (κ1) is 20.0. The zero-order valence-electron chi connectivity index (χ0n) is 14.2. The van der Waals surface area contributed by atoms with Crippen molar-refractivity contribution in [2.24, 2.45) is 0 Å². The molecule has 0 rings (SSSR count). The number of amides is 1. The van der Waals surface area contributed by atoms with E-state index in [1.165, 1.54) is 0 Å². The number of likely N-dealkylation sites (N-methyl/N-ethyl adjacent to an activating group) is 1. The molecule has 0 N–H and O–H groups in total. The topological polar surface area (TPSA) is 38.8 Å². The van der Waals surface area contributed by atoms with Crippen molar-refractivity contribution in [3.05, 3.63) is 0 Å². The average Bonchev–Trinajstić information content (AvgIpc) is 2.21. The highest BCUT2D eigenvalue weighted by Gasteiger charge is 2.34. The predicted molar refractivity (Wildman–Crippen MR) is 91.6 cm³/mol. The lowest BCUT2D eigenvalue weighted by Gasteiger charge is -2.39. The number of alkyl halides is 1. The lowest BCUT2D eigenvalue weighted by atomic mass is 10.1. The molecule has 0 saturated carbocycles. The summed E-state index contributed by atoms with van der Waals surface area (Å²) in [5.74, 6) is 0. The number of nitrogens with zero attached hydrogens (tertiary/aromatic N) is 1. The zero-order chi connectivity index (χ0) is 16.2. The van der Waals surface area contributed by atoms with Crippen molar-refractivity contribution in [2.75, 3.05) is 17.5 Å². The molecular weight excluding hydrogens is 369 g/mol. The minimum Gasteiger partial charge on any atom is -0.444 e. The first-order valence-electron chi connectivity index (χ1n) is 7.06. The fraction of sp³-hybridized carbons (Fsp3) is 0.933. The lowest BCUT2D eigenvalue weighted by Crippen LogP contribution is -2.50. The molecule has 0 aliphatic heterocycles. The van der Waals surface area contributed by atoms with Gasteiger partial charge in [0.1, 0.15) is 5.60 Å². The van der Waals surface area contributed by atoms with Gasteiger partial charge in [0.25, 0.3) is 0 Å². The molecule has 0 aromatic rings. The number of carbonyl (C=O) groups is 1. The van der Waals surface area contributed by atoms with Gasteiger partial charge < -0.3 is 14.4 Å². The highest BCUT2D eigenvalue weighted by atomic mass is 127. The van der Waals surface area contributed by atoms with Crippen molar-refractivity contribution in [1.82, 2.24) is 4.90 Å². The normalized spacial score (nSPS) is 15.7. The summed E-state index contributed by atoms with van der Waals surface area (Å²) in [4.78, 5) is 13.9. The highest BCUT2D eigenvalue weighted by Crippen LogP contribution is 2.24. The second-order valence-electron chi connectivity index (χ2n) is 7.29. The number of ether oxygens (including phenoxy) is 2. The maximum absolute atomic E-state index is 12.2. The number of hydrogen-bond acceptors (Lipinski definition) is 3. The van der Waals surface area contributed by atoms with Crippen LogP contribution in [0.4, 0.5) is 4.79 Å². The molecule has 0 bridgehead atoms. The Bertz CT molecular complexity index is 320. The smallest absolute Gasteiger partial charge is 0.410 e. The minimum absolute atomic E-state index is 0.243. The summed E-state index contributed by atoms with van der Waals surface area (Å²) in [6.45, 7) is 16.8. The Hall–Kier alpha value is -0.0400. The first-order valence-corrected chi connectivity index (χ1v) is 8.58. The van der Waals surface area contributed by atoms with E-state index < -0.39 is 5.60 Å². The average molecular weight is 399 g/mol. The van der Waals surface area contributed by atoms with Crippen LogP contribution in [-0.2, 0) is 9.47 Å². The molecule has 4 nitrogen and oxygen atoms in total. The van der Waals surface area contributed by atoms with Crippen molar-refractivity contribution in [1.29, 1.82) is 0 Å². The summed E-state index contributed by atoms with van der Waals surface area (Å²) in [5, 5.41) is 0. The maximum atomic E-state index is 12.2. The van der Waals surface area contributed by atoms with Crippen molar-refractivity contribution < 1.29 is 14.3 Å². The van der Waals surface area contributed by atoms with E-state index in [1.54, 1.807) is 4.90 Å². The summed E-state index contributed by atoms with van der Waals surface area (Å²) in [7, 11) is 0. The molecule has 0 aromatic heterocycles. The predicted octanol–water partition coefficient (Wildman–Crippen LogP) is 4.25. The SMILES string of the molecule is CCN(CC(C)(CI)OC(C)(C)C)C(=O)OC(C)(C)C. The van der Waals surface area contributed by atoms with Gasteiger partial charge >= 0.3 is 6.09 Å². The molecule has 5 heteroatoms. The second-order valence-corrected chi connectivity index (χ2v) is 8.06.